The maximum absolute atomic E-state index is 12.3. The van der Waals surface area contributed by atoms with E-state index in [-0.39, 0.29) is 31.1 Å². The molecule has 0 aromatic carbocycles. The van der Waals surface area contributed by atoms with Crippen molar-refractivity contribution >= 4 is 11.9 Å². The first-order valence-electron chi connectivity index (χ1n) is 25.1. The molecular formula is C49H97NO9. The Morgan fingerprint density at radius 1 is 0.390 bits per heavy atom. The monoisotopic (exact) mass is 844 g/mol. The first-order valence-corrected chi connectivity index (χ1v) is 25.1. The van der Waals surface area contributed by atoms with Gasteiger partial charge in [-0.1, -0.05) is 124 Å². The second-order valence-corrected chi connectivity index (χ2v) is 16.6. The van der Waals surface area contributed by atoms with Crippen LogP contribution in [0.2, 0.25) is 0 Å². The van der Waals surface area contributed by atoms with Gasteiger partial charge in [0, 0.05) is 45.8 Å². The van der Waals surface area contributed by atoms with Gasteiger partial charge in [0.1, 0.15) is 0 Å². The molecule has 1 unspecified atom stereocenters. The Balaban J connectivity index is 3.96. The Hall–Kier alpha value is -1.30. The van der Waals surface area contributed by atoms with Crippen molar-refractivity contribution in [3.05, 3.63) is 0 Å². The van der Waals surface area contributed by atoms with Gasteiger partial charge in [0.05, 0.1) is 19.8 Å². The number of nitrogens with zero attached hydrogens (tertiary/aromatic N) is 1. The van der Waals surface area contributed by atoms with E-state index in [4.69, 9.17) is 28.4 Å². The zero-order chi connectivity index (χ0) is 43.1. The number of carbonyl (C=O) groups is 2. The smallest absolute Gasteiger partial charge is 0.305 e. The van der Waals surface area contributed by atoms with Crippen LogP contribution in [0.25, 0.3) is 0 Å². The summed E-state index contributed by atoms with van der Waals surface area (Å²) in [6.45, 7) is 15.6. The Labute approximate surface area is 364 Å². The lowest BCUT2D eigenvalue weighted by Gasteiger charge is -2.21. The average Bonchev–Trinajstić information content (AvgIpc) is 3.23. The molecule has 0 rings (SSSR count). The van der Waals surface area contributed by atoms with E-state index in [0.29, 0.717) is 32.6 Å². The molecule has 59 heavy (non-hydrogen) atoms. The summed E-state index contributed by atoms with van der Waals surface area (Å²) in [6.07, 6.45) is 31.4. The van der Waals surface area contributed by atoms with Crippen LogP contribution >= 0.6 is 0 Å². The molecule has 0 saturated carbocycles. The average molecular weight is 844 g/mol. The Bertz CT molecular complexity index is 849. The predicted octanol–water partition coefficient (Wildman–Crippen LogP) is 12.3. The summed E-state index contributed by atoms with van der Waals surface area (Å²) in [5, 5.41) is 9.56. The van der Waals surface area contributed by atoms with Crippen molar-refractivity contribution in [2.24, 2.45) is 0 Å². The number of unbranched alkanes of at least 4 members (excludes halogenated alkanes) is 19. The molecule has 352 valence electrons. The zero-order valence-electron chi connectivity index (χ0n) is 39.3. The second-order valence-electron chi connectivity index (χ2n) is 16.6. The molecule has 0 bridgehead atoms. The van der Waals surface area contributed by atoms with E-state index >= 15 is 0 Å². The first-order chi connectivity index (χ1) is 29.0. The van der Waals surface area contributed by atoms with Crippen LogP contribution in [0.3, 0.4) is 0 Å². The number of rotatable bonds is 49. The number of carbonyl (C=O) groups excluding carboxylic acids is 2. The molecule has 0 radical (unpaired) electrons. The number of hydrogen-bond donors (Lipinski definition) is 1. The predicted molar refractivity (Wildman–Crippen MR) is 243 cm³/mol. The Morgan fingerprint density at radius 2 is 0.712 bits per heavy atom. The van der Waals surface area contributed by atoms with Gasteiger partial charge < -0.3 is 38.4 Å². The molecule has 10 heteroatoms. The SMILES string of the molecule is CCCCCCOC(CCCCC(=O)OCCCCCCN(CCO)CCCCCCOC(=O)CCCCC(OCCCCCC)OCCCCCC)OCCCCC. The molecule has 0 aliphatic carbocycles. The Kier molecular flexibility index (Phi) is 46.7. The van der Waals surface area contributed by atoms with E-state index in [1.807, 2.05) is 0 Å². The fourth-order valence-electron chi connectivity index (χ4n) is 6.96. The van der Waals surface area contributed by atoms with Crippen molar-refractivity contribution < 1.29 is 43.1 Å². The maximum atomic E-state index is 12.3. The second kappa shape index (κ2) is 47.7. The van der Waals surface area contributed by atoms with Crippen molar-refractivity contribution in [1.29, 1.82) is 0 Å². The molecule has 0 spiro atoms. The zero-order valence-corrected chi connectivity index (χ0v) is 39.3. The quantitative estimate of drug-likeness (QED) is 0.0361. The van der Waals surface area contributed by atoms with Gasteiger partial charge in [0.15, 0.2) is 12.6 Å². The topological polar surface area (TPSA) is 113 Å². The number of aliphatic hydroxyl groups excluding tert-OH is 1. The molecule has 0 aromatic rings. The largest absolute Gasteiger partial charge is 0.466 e. The summed E-state index contributed by atoms with van der Waals surface area (Å²) in [6, 6.07) is 0. The van der Waals surface area contributed by atoms with Gasteiger partial charge in [-0.25, -0.2) is 0 Å². The molecule has 1 N–H and O–H groups in total. The van der Waals surface area contributed by atoms with Crippen LogP contribution in [0.1, 0.15) is 227 Å². The number of ether oxygens (including phenoxy) is 6. The van der Waals surface area contributed by atoms with Crippen LogP contribution in [-0.2, 0) is 38.0 Å². The third-order valence-corrected chi connectivity index (χ3v) is 10.8. The lowest BCUT2D eigenvalue weighted by atomic mass is 10.1. The third kappa shape index (κ3) is 43.2. The summed E-state index contributed by atoms with van der Waals surface area (Å²) < 4.78 is 35.2. The van der Waals surface area contributed by atoms with Crippen molar-refractivity contribution in [2.75, 3.05) is 65.9 Å². The van der Waals surface area contributed by atoms with Crippen molar-refractivity contribution in [2.45, 2.75) is 239 Å². The number of aliphatic hydroxyl groups is 1. The highest BCUT2D eigenvalue weighted by molar-refractivity contribution is 5.69. The first kappa shape index (κ1) is 57.7. The van der Waals surface area contributed by atoms with E-state index < -0.39 is 0 Å². The highest BCUT2D eigenvalue weighted by Crippen LogP contribution is 2.15. The van der Waals surface area contributed by atoms with E-state index in [0.717, 1.165) is 155 Å². The maximum Gasteiger partial charge on any atom is 0.305 e. The van der Waals surface area contributed by atoms with E-state index in [1.165, 1.54) is 70.6 Å². The van der Waals surface area contributed by atoms with Crippen LogP contribution in [-0.4, -0.2) is 100 Å². The molecule has 0 heterocycles. The lowest BCUT2D eigenvalue weighted by molar-refractivity contribution is -0.149. The summed E-state index contributed by atoms with van der Waals surface area (Å²) in [5.74, 6) is -0.210. The van der Waals surface area contributed by atoms with E-state index in [9.17, 15) is 14.7 Å². The van der Waals surface area contributed by atoms with Gasteiger partial charge in [0.25, 0.3) is 0 Å². The molecule has 10 nitrogen and oxygen atoms in total. The van der Waals surface area contributed by atoms with Crippen molar-refractivity contribution in [3.8, 4) is 0 Å². The fraction of sp³-hybridized carbons (Fsp3) is 0.959. The number of hydrogen-bond acceptors (Lipinski definition) is 10. The summed E-state index contributed by atoms with van der Waals surface area (Å²) >= 11 is 0. The van der Waals surface area contributed by atoms with Crippen LogP contribution in [0, 0.1) is 0 Å². The van der Waals surface area contributed by atoms with Crippen LogP contribution < -0.4 is 0 Å². The summed E-state index contributed by atoms with van der Waals surface area (Å²) in [7, 11) is 0. The third-order valence-electron chi connectivity index (χ3n) is 10.8. The molecule has 0 aliphatic rings. The molecule has 1 atom stereocenters. The minimum atomic E-state index is -0.164. The molecule has 0 aromatic heterocycles. The fourth-order valence-corrected chi connectivity index (χ4v) is 6.96. The van der Waals surface area contributed by atoms with Crippen molar-refractivity contribution in [3.63, 3.8) is 0 Å². The van der Waals surface area contributed by atoms with E-state index in [1.54, 1.807) is 0 Å². The van der Waals surface area contributed by atoms with Gasteiger partial charge in [-0.15, -0.1) is 0 Å². The van der Waals surface area contributed by atoms with E-state index in [2.05, 4.69) is 32.6 Å². The highest BCUT2D eigenvalue weighted by atomic mass is 16.7. The summed E-state index contributed by atoms with van der Waals surface area (Å²) in [5.41, 5.74) is 0. The number of esters is 2. The molecular weight excluding hydrogens is 747 g/mol. The molecule has 0 fully saturated rings. The van der Waals surface area contributed by atoms with Gasteiger partial charge in [-0.3, -0.25) is 9.59 Å². The highest BCUT2D eigenvalue weighted by Gasteiger charge is 2.13. The van der Waals surface area contributed by atoms with Gasteiger partial charge >= 0.3 is 11.9 Å². The van der Waals surface area contributed by atoms with Gasteiger partial charge in [-0.05, 0) is 103 Å². The standard InChI is InChI=1S/C49H97NO9/c1-5-9-13-27-43-57-48(56-42-26-12-8-4)34-22-20-32-46(52)54-40-30-18-16-24-36-50(38-39-51)37-25-17-19-31-41-55-47(53)33-21-23-35-49(58-44-28-14-10-6-2)59-45-29-15-11-7-3/h48-49,51H,5-45H2,1-4H3. The Morgan fingerprint density at radius 3 is 1.08 bits per heavy atom. The van der Waals surface area contributed by atoms with Gasteiger partial charge in [0.2, 0.25) is 0 Å². The van der Waals surface area contributed by atoms with Crippen molar-refractivity contribution in [1.82, 2.24) is 4.90 Å². The normalized spacial score (nSPS) is 12.2. The van der Waals surface area contributed by atoms with Crippen LogP contribution in [0.5, 0.6) is 0 Å². The lowest BCUT2D eigenvalue weighted by Crippen LogP contribution is -2.29. The minimum Gasteiger partial charge on any atom is -0.466 e. The van der Waals surface area contributed by atoms with Crippen LogP contribution in [0.15, 0.2) is 0 Å². The van der Waals surface area contributed by atoms with Gasteiger partial charge in [-0.2, -0.15) is 0 Å². The molecule has 0 amide bonds. The molecule has 0 saturated heterocycles. The molecule has 0 aliphatic heterocycles. The summed E-state index contributed by atoms with van der Waals surface area (Å²) in [4.78, 5) is 26.9. The van der Waals surface area contributed by atoms with Crippen LogP contribution in [0.4, 0.5) is 0 Å². The minimum absolute atomic E-state index is 0.104.